The van der Waals surface area contributed by atoms with Crippen molar-refractivity contribution in [2.45, 2.75) is 0 Å². The summed E-state index contributed by atoms with van der Waals surface area (Å²) < 4.78 is 0. The van der Waals surface area contributed by atoms with E-state index in [0.29, 0.717) is 0 Å². The SMILES string of the molecule is OCC#CC#Cc1c[nH]c2ccccc12. The number of nitrogens with one attached hydrogen (secondary N) is 1. The van der Waals surface area contributed by atoms with Gasteiger partial charge in [-0.3, -0.25) is 0 Å². The van der Waals surface area contributed by atoms with Gasteiger partial charge in [0, 0.05) is 17.1 Å². The van der Waals surface area contributed by atoms with Crippen LogP contribution >= 0.6 is 0 Å². The molecule has 1 heterocycles. The first kappa shape index (κ1) is 9.40. The summed E-state index contributed by atoms with van der Waals surface area (Å²) in [5.74, 6) is 10.7. The molecular formula is C13H9NO. The Bertz CT molecular complexity index is 587. The first-order chi connectivity index (χ1) is 7.42. The third-order valence-electron chi connectivity index (χ3n) is 2.02. The van der Waals surface area contributed by atoms with Crippen LogP contribution in [0.3, 0.4) is 0 Å². The van der Waals surface area contributed by atoms with Gasteiger partial charge in [0.25, 0.3) is 0 Å². The number of benzene rings is 1. The Balaban J connectivity index is 2.39. The fourth-order valence-corrected chi connectivity index (χ4v) is 1.36. The van der Waals surface area contributed by atoms with Gasteiger partial charge in [-0.05, 0) is 17.9 Å². The van der Waals surface area contributed by atoms with E-state index >= 15 is 0 Å². The normalized spacial score (nSPS) is 8.87. The number of fused-ring (bicyclic) bond motifs is 1. The van der Waals surface area contributed by atoms with E-state index < -0.39 is 0 Å². The summed E-state index contributed by atoms with van der Waals surface area (Å²) in [6, 6.07) is 7.96. The minimum absolute atomic E-state index is 0.150. The number of H-pyrrole nitrogens is 1. The van der Waals surface area contributed by atoms with Gasteiger partial charge >= 0.3 is 0 Å². The molecule has 15 heavy (non-hydrogen) atoms. The summed E-state index contributed by atoms with van der Waals surface area (Å²) in [5, 5.41) is 9.54. The second kappa shape index (κ2) is 4.37. The molecule has 0 saturated carbocycles. The number of hydrogen-bond donors (Lipinski definition) is 2. The average molecular weight is 195 g/mol. The summed E-state index contributed by atoms with van der Waals surface area (Å²) >= 11 is 0. The van der Waals surface area contributed by atoms with Crippen molar-refractivity contribution in [2.75, 3.05) is 6.61 Å². The van der Waals surface area contributed by atoms with Gasteiger partial charge in [-0.2, -0.15) is 0 Å². The monoisotopic (exact) mass is 195 g/mol. The molecule has 2 heteroatoms. The van der Waals surface area contributed by atoms with Crippen molar-refractivity contribution in [3.05, 3.63) is 36.0 Å². The Kier molecular flexibility index (Phi) is 2.74. The highest BCUT2D eigenvalue weighted by Crippen LogP contribution is 2.15. The molecule has 2 aromatic rings. The van der Waals surface area contributed by atoms with Gasteiger partial charge in [0.15, 0.2) is 0 Å². The van der Waals surface area contributed by atoms with Crippen molar-refractivity contribution in [3.8, 4) is 23.7 Å². The molecule has 72 valence electrons. The largest absolute Gasteiger partial charge is 0.384 e. The first-order valence-electron chi connectivity index (χ1n) is 4.57. The van der Waals surface area contributed by atoms with Crippen molar-refractivity contribution >= 4 is 10.9 Å². The van der Waals surface area contributed by atoms with Crippen LogP contribution in [0.15, 0.2) is 30.5 Å². The third kappa shape index (κ3) is 2.02. The predicted molar refractivity (Wildman–Crippen MR) is 60.0 cm³/mol. The topological polar surface area (TPSA) is 36.0 Å². The van der Waals surface area contributed by atoms with Gasteiger partial charge in [0.2, 0.25) is 0 Å². The summed E-state index contributed by atoms with van der Waals surface area (Å²) in [6.07, 6.45) is 1.86. The Hall–Kier alpha value is -2.16. The lowest BCUT2D eigenvalue weighted by molar-refractivity contribution is 0.350. The van der Waals surface area contributed by atoms with Crippen molar-refractivity contribution in [2.24, 2.45) is 0 Å². The lowest BCUT2D eigenvalue weighted by atomic mass is 10.2. The maximum atomic E-state index is 8.45. The van der Waals surface area contributed by atoms with Crippen molar-refractivity contribution < 1.29 is 5.11 Å². The molecule has 2 nitrogen and oxygen atoms in total. The molecule has 0 amide bonds. The highest BCUT2D eigenvalue weighted by molar-refractivity contribution is 5.86. The van der Waals surface area contributed by atoms with Crippen LogP contribution in [0, 0.1) is 23.7 Å². The van der Waals surface area contributed by atoms with Crippen LogP contribution in [0.5, 0.6) is 0 Å². The van der Waals surface area contributed by atoms with E-state index in [2.05, 4.69) is 28.7 Å². The fraction of sp³-hybridized carbons (Fsp3) is 0.0769. The highest BCUT2D eigenvalue weighted by Gasteiger charge is 1.97. The van der Waals surface area contributed by atoms with E-state index in [1.165, 1.54) is 0 Å². The standard InChI is InChI=1S/C13H9NO/c15-9-5-1-2-6-11-10-14-13-8-4-3-7-12(11)13/h3-4,7-8,10,14-15H,9H2. The van der Waals surface area contributed by atoms with Crippen LogP contribution in [0.4, 0.5) is 0 Å². The number of aliphatic hydroxyl groups is 1. The molecule has 0 saturated heterocycles. The summed E-state index contributed by atoms with van der Waals surface area (Å²) in [4.78, 5) is 3.13. The zero-order valence-corrected chi connectivity index (χ0v) is 8.04. The number of aromatic amines is 1. The molecule has 0 bridgehead atoms. The van der Waals surface area contributed by atoms with Crippen LogP contribution in [0.2, 0.25) is 0 Å². The van der Waals surface area contributed by atoms with Crippen LogP contribution < -0.4 is 0 Å². The van der Waals surface area contributed by atoms with Crippen molar-refractivity contribution in [1.29, 1.82) is 0 Å². The van der Waals surface area contributed by atoms with E-state index in [9.17, 15) is 0 Å². The fourth-order valence-electron chi connectivity index (χ4n) is 1.36. The van der Waals surface area contributed by atoms with E-state index in [0.717, 1.165) is 16.5 Å². The molecule has 0 fully saturated rings. The van der Waals surface area contributed by atoms with E-state index in [1.54, 1.807) is 0 Å². The van der Waals surface area contributed by atoms with Crippen LogP contribution in [-0.2, 0) is 0 Å². The quantitative estimate of drug-likeness (QED) is 0.614. The van der Waals surface area contributed by atoms with E-state index in [1.807, 2.05) is 30.5 Å². The maximum absolute atomic E-state index is 8.45. The lowest BCUT2D eigenvalue weighted by Crippen LogP contribution is -1.70. The molecule has 0 aliphatic rings. The van der Waals surface area contributed by atoms with Gasteiger partial charge in [-0.25, -0.2) is 0 Å². The number of aliphatic hydroxyl groups excluding tert-OH is 1. The molecule has 2 N–H and O–H groups in total. The second-order valence-corrected chi connectivity index (χ2v) is 2.96. The molecular weight excluding hydrogens is 186 g/mol. The van der Waals surface area contributed by atoms with Gasteiger partial charge in [-0.15, -0.1) is 0 Å². The minimum Gasteiger partial charge on any atom is -0.384 e. The van der Waals surface area contributed by atoms with Crippen LogP contribution in [0.25, 0.3) is 10.9 Å². The van der Waals surface area contributed by atoms with Crippen molar-refractivity contribution in [1.82, 2.24) is 4.98 Å². The third-order valence-corrected chi connectivity index (χ3v) is 2.02. The zero-order chi connectivity index (χ0) is 10.5. The number of aromatic nitrogens is 1. The molecule has 1 aromatic carbocycles. The van der Waals surface area contributed by atoms with Crippen molar-refractivity contribution in [3.63, 3.8) is 0 Å². The molecule has 0 unspecified atom stereocenters. The average Bonchev–Trinajstić information content (AvgIpc) is 2.68. The van der Waals surface area contributed by atoms with Crippen LogP contribution in [0.1, 0.15) is 5.56 Å². The summed E-state index contributed by atoms with van der Waals surface area (Å²) in [7, 11) is 0. The molecule has 0 atom stereocenters. The Morgan fingerprint density at radius 3 is 2.93 bits per heavy atom. The van der Waals surface area contributed by atoms with Gasteiger partial charge in [0.1, 0.15) is 6.61 Å². The summed E-state index contributed by atoms with van der Waals surface area (Å²) in [6.45, 7) is -0.150. The first-order valence-corrected chi connectivity index (χ1v) is 4.57. The molecule has 2 rings (SSSR count). The molecule has 0 spiro atoms. The predicted octanol–water partition coefficient (Wildman–Crippen LogP) is 1.52. The number of rotatable bonds is 0. The Labute approximate surface area is 87.9 Å². The molecule has 0 aliphatic heterocycles. The molecule has 0 radical (unpaired) electrons. The number of hydrogen-bond acceptors (Lipinski definition) is 1. The van der Waals surface area contributed by atoms with Gasteiger partial charge < -0.3 is 10.1 Å². The second-order valence-electron chi connectivity index (χ2n) is 2.96. The minimum atomic E-state index is -0.150. The van der Waals surface area contributed by atoms with Gasteiger partial charge in [-0.1, -0.05) is 30.0 Å². The molecule has 0 aliphatic carbocycles. The maximum Gasteiger partial charge on any atom is 0.105 e. The summed E-state index contributed by atoms with van der Waals surface area (Å²) in [5.41, 5.74) is 2.00. The van der Waals surface area contributed by atoms with Gasteiger partial charge in [0.05, 0.1) is 5.56 Å². The lowest BCUT2D eigenvalue weighted by Gasteiger charge is -1.86. The smallest absolute Gasteiger partial charge is 0.105 e. The zero-order valence-electron chi connectivity index (χ0n) is 8.04. The highest BCUT2D eigenvalue weighted by atomic mass is 16.2. The Morgan fingerprint density at radius 1 is 1.20 bits per heavy atom. The van der Waals surface area contributed by atoms with E-state index in [4.69, 9.17) is 5.11 Å². The van der Waals surface area contributed by atoms with E-state index in [-0.39, 0.29) is 6.61 Å². The van der Waals surface area contributed by atoms with Crippen LogP contribution in [-0.4, -0.2) is 16.7 Å². The molecule has 1 aromatic heterocycles. The Morgan fingerprint density at radius 2 is 2.07 bits per heavy atom. The number of para-hydroxylation sites is 1.